The van der Waals surface area contributed by atoms with E-state index in [1.54, 1.807) is 6.20 Å². The molecule has 7 nitrogen and oxygen atoms in total. The minimum Gasteiger partial charge on any atom is -0.490 e. The Bertz CT molecular complexity index is 959. The minimum atomic E-state index is 0. The van der Waals surface area contributed by atoms with Gasteiger partial charge in [0, 0.05) is 30.6 Å². The third-order valence-electron chi connectivity index (χ3n) is 4.35. The van der Waals surface area contributed by atoms with Crippen molar-refractivity contribution >= 4 is 35.6 Å². The van der Waals surface area contributed by atoms with Gasteiger partial charge in [-0.2, -0.15) is 5.10 Å². The van der Waals surface area contributed by atoms with E-state index in [4.69, 9.17) is 15.2 Å². The van der Waals surface area contributed by atoms with Crippen LogP contribution in [0.5, 0.6) is 11.5 Å². The normalized spacial score (nSPS) is 13.3. The van der Waals surface area contributed by atoms with E-state index in [-0.39, 0.29) is 24.0 Å². The highest BCUT2D eigenvalue weighted by molar-refractivity contribution is 14.0. The SMILES string of the molecule is I.NC(=NCc1cccc(Cn2cccn2)c1)Nc1ccc2c(c1)OCCCO2. The maximum atomic E-state index is 6.06. The monoisotopic (exact) mass is 505 g/mol. The lowest BCUT2D eigenvalue weighted by atomic mass is 10.1. The molecule has 3 N–H and O–H groups in total. The van der Waals surface area contributed by atoms with E-state index < -0.39 is 0 Å². The van der Waals surface area contributed by atoms with Gasteiger partial charge in [0.05, 0.1) is 26.3 Å². The van der Waals surface area contributed by atoms with Gasteiger partial charge in [0.2, 0.25) is 0 Å². The van der Waals surface area contributed by atoms with Gasteiger partial charge in [-0.3, -0.25) is 4.68 Å². The molecule has 2 aromatic carbocycles. The average molecular weight is 505 g/mol. The number of nitrogens with one attached hydrogen (secondary N) is 1. The number of guanidine groups is 1. The number of hydrogen-bond acceptors (Lipinski definition) is 4. The number of nitrogens with two attached hydrogens (primary N) is 1. The van der Waals surface area contributed by atoms with Crippen molar-refractivity contribution in [2.24, 2.45) is 10.7 Å². The molecule has 8 heteroatoms. The smallest absolute Gasteiger partial charge is 0.193 e. The summed E-state index contributed by atoms with van der Waals surface area (Å²) in [6.07, 6.45) is 4.60. The molecule has 0 fully saturated rings. The second kappa shape index (κ2) is 10.1. The lowest BCUT2D eigenvalue weighted by molar-refractivity contribution is 0.297. The summed E-state index contributed by atoms with van der Waals surface area (Å²) in [5, 5.41) is 7.35. The van der Waals surface area contributed by atoms with Crippen LogP contribution < -0.4 is 20.5 Å². The van der Waals surface area contributed by atoms with E-state index in [1.807, 2.05) is 47.3 Å². The summed E-state index contributed by atoms with van der Waals surface area (Å²) in [6, 6.07) is 15.8. The van der Waals surface area contributed by atoms with E-state index in [2.05, 4.69) is 27.5 Å². The summed E-state index contributed by atoms with van der Waals surface area (Å²) in [5.41, 5.74) is 9.14. The van der Waals surface area contributed by atoms with Crippen molar-refractivity contribution in [3.63, 3.8) is 0 Å². The molecule has 1 aliphatic heterocycles. The van der Waals surface area contributed by atoms with Gasteiger partial charge in [-0.1, -0.05) is 24.3 Å². The van der Waals surface area contributed by atoms with Crippen molar-refractivity contribution in [1.29, 1.82) is 0 Å². The average Bonchev–Trinajstić information content (AvgIpc) is 3.10. The molecule has 0 aliphatic carbocycles. The number of halogens is 1. The van der Waals surface area contributed by atoms with Crippen LogP contribution in [0.25, 0.3) is 0 Å². The van der Waals surface area contributed by atoms with E-state index in [9.17, 15) is 0 Å². The second-order valence-electron chi connectivity index (χ2n) is 6.56. The molecule has 0 bridgehead atoms. The van der Waals surface area contributed by atoms with Gasteiger partial charge in [0.1, 0.15) is 0 Å². The summed E-state index contributed by atoms with van der Waals surface area (Å²) in [4.78, 5) is 4.45. The Morgan fingerprint density at radius 1 is 1.07 bits per heavy atom. The molecule has 3 aromatic rings. The number of anilines is 1. The topological polar surface area (TPSA) is 86.7 Å². The number of hydrogen-bond donors (Lipinski definition) is 2. The lowest BCUT2D eigenvalue weighted by Gasteiger charge is -2.11. The van der Waals surface area contributed by atoms with Crippen LogP contribution in [0.15, 0.2) is 65.9 Å². The van der Waals surface area contributed by atoms with E-state index >= 15 is 0 Å². The molecule has 0 spiro atoms. The van der Waals surface area contributed by atoms with Crippen LogP contribution in [0, 0.1) is 0 Å². The van der Waals surface area contributed by atoms with Gasteiger partial charge >= 0.3 is 0 Å². The first-order valence-corrected chi connectivity index (χ1v) is 9.28. The first-order valence-electron chi connectivity index (χ1n) is 9.28. The van der Waals surface area contributed by atoms with Gasteiger partial charge in [0.25, 0.3) is 0 Å². The third-order valence-corrected chi connectivity index (χ3v) is 4.35. The number of ether oxygens (including phenoxy) is 2. The fourth-order valence-corrected chi connectivity index (χ4v) is 3.01. The Labute approximate surface area is 186 Å². The molecule has 29 heavy (non-hydrogen) atoms. The van der Waals surface area contributed by atoms with Crippen molar-refractivity contribution in [3.8, 4) is 11.5 Å². The largest absolute Gasteiger partial charge is 0.490 e. The van der Waals surface area contributed by atoms with Crippen LogP contribution in [-0.4, -0.2) is 29.0 Å². The molecule has 1 aromatic heterocycles. The van der Waals surface area contributed by atoms with Gasteiger partial charge < -0.3 is 20.5 Å². The molecule has 0 saturated heterocycles. The quantitative estimate of drug-likeness (QED) is 0.314. The Morgan fingerprint density at radius 3 is 2.72 bits per heavy atom. The highest BCUT2D eigenvalue weighted by atomic mass is 127. The molecule has 0 unspecified atom stereocenters. The van der Waals surface area contributed by atoms with Crippen LogP contribution in [-0.2, 0) is 13.1 Å². The summed E-state index contributed by atoms with van der Waals surface area (Å²) >= 11 is 0. The van der Waals surface area contributed by atoms with Crippen LogP contribution >= 0.6 is 24.0 Å². The van der Waals surface area contributed by atoms with Crippen molar-refractivity contribution in [3.05, 3.63) is 72.1 Å². The number of aliphatic imine (C=N–C) groups is 1. The number of benzene rings is 2. The van der Waals surface area contributed by atoms with Gasteiger partial charge in [0.15, 0.2) is 17.5 Å². The van der Waals surface area contributed by atoms with Gasteiger partial charge in [-0.05, 0) is 29.3 Å². The summed E-state index contributed by atoms with van der Waals surface area (Å²) in [7, 11) is 0. The molecule has 152 valence electrons. The molecule has 4 rings (SSSR count). The van der Waals surface area contributed by atoms with Crippen molar-refractivity contribution in [1.82, 2.24) is 9.78 Å². The number of aromatic nitrogens is 2. The molecular formula is C21H24IN5O2. The van der Waals surface area contributed by atoms with Crippen LogP contribution in [0.3, 0.4) is 0 Å². The van der Waals surface area contributed by atoms with Crippen molar-refractivity contribution < 1.29 is 9.47 Å². The molecule has 0 atom stereocenters. The highest BCUT2D eigenvalue weighted by Crippen LogP contribution is 2.32. The standard InChI is InChI=1S/C21H23N5O2.HI/c22-21(25-18-6-7-19-20(13-18)28-11-3-10-27-19)23-14-16-4-1-5-17(12-16)15-26-9-2-8-24-26;/h1-2,4-9,12-13H,3,10-11,14-15H2,(H3,22,23,25);1H. The molecule has 1 aliphatic rings. The summed E-state index contributed by atoms with van der Waals surface area (Å²) < 4.78 is 13.2. The van der Waals surface area contributed by atoms with Gasteiger partial charge in [-0.25, -0.2) is 4.99 Å². The summed E-state index contributed by atoms with van der Waals surface area (Å²) in [5.74, 6) is 1.83. The Kier molecular flexibility index (Phi) is 7.34. The first kappa shape index (κ1) is 21.0. The zero-order valence-corrected chi connectivity index (χ0v) is 18.3. The Balaban J connectivity index is 0.00000240. The molecule has 0 radical (unpaired) electrons. The van der Waals surface area contributed by atoms with E-state index in [1.165, 1.54) is 5.56 Å². The fraction of sp³-hybridized carbons (Fsp3) is 0.238. The van der Waals surface area contributed by atoms with Crippen molar-refractivity contribution in [2.45, 2.75) is 19.5 Å². The zero-order valence-electron chi connectivity index (χ0n) is 16.0. The van der Waals surface area contributed by atoms with Crippen molar-refractivity contribution in [2.75, 3.05) is 18.5 Å². The van der Waals surface area contributed by atoms with Crippen LogP contribution in [0.4, 0.5) is 5.69 Å². The van der Waals surface area contributed by atoms with E-state index in [0.29, 0.717) is 25.7 Å². The zero-order chi connectivity index (χ0) is 19.2. The highest BCUT2D eigenvalue weighted by Gasteiger charge is 2.10. The molecule has 2 heterocycles. The van der Waals surface area contributed by atoms with Gasteiger partial charge in [-0.15, -0.1) is 24.0 Å². The first-order chi connectivity index (χ1) is 13.8. The van der Waals surface area contributed by atoms with Crippen LogP contribution in [0.2, 0.25) is 0 Å². The summed E-state index contributed by atoms with van der Waals surface area (Å²) in [6.45, 7) is 2.55. The predicted molar refractivity (Wildman–Crippen MR) is 124 cm³/mol. The number of fused-ring (bicyclic) bond motifs is 1. The molecule has 0 saturated carbocycles. The van der Waals surface area contributed by atoms with Crippen LogP contribution in [0.1, 0.15) is 17.5 Å². The minimum absolute atomic E-state index is 0. The molecular weight excluding hydrogens is 481 g/mol. The molecule has 0 amide bonds. The fourth-order valence-electron chi connectivity index (χ4n) is 3.01. The third kappa shape index (κ3) is 5.86. The van der Waals surface area contributed by atoms with E-state index in [0.717, 1.165) is 35.7 Å². The predicted octanol–water partition coefficient (Wildman–Crippen LogP) is 3.64. The maximum Gasteiger partial charge on any atom is 0.193 e. The second-order valence-corrected chi connectivity index (χ2v) is 6.56. The number of nitrogens with zero attached hydrogens (tertiary/aromatic N) is 3. The maximum absolute atomic E-state index is 6.06. The Hall–Kier alpha value is -2.75. The lowest BCUT2D eigenvalue weighted by Crippen LogP contribution is -2.22. The Morgan fingerprint density at radius 2 is 1.90 bits per heavy atom. The number of rotatable bonds is 5.